The van der Waals surface area contributed by atoms with Crippen molar-refractivity contribution in [3.05, 3.63) is 48.0 Å². The van der Waals surface area contributed by atoms with Crippen LogP contribution in [0.25, 0.3) is 0 Å². The normalized spacial score (nSPS) is 38.5. The molecule has 4 heteroatoms. The third kappa shape index (κ3) is 1.40. The van der Waals surface area contributed by atoms with Gasteiger partial charge in [0.25, 0.3) is 0 Å². The topological polar surface area (TPSA) is 49.4 Å². The standard InChI is InChI=1S/C16H16N2O2/c1-18-15(19)12-10-7-8-11(13(12)16(18)20)17-14(10)9-5-3-2-4-6-9/h2-8,10-14,17H,1H3. The van der Waals surface area contributed by atoms with Crippen LogP contribution in [0.1, 0.15) is 11.6 Å². The fourth-order valence-electron chi connectivity index (χ4n) is 3.91. The molecule has 1 N–H and O–H groups in total. The lowest BCUT2D eigenvalue weighted by Crippen LogP contribution is -2.55. The van der Waals surface area contributed by atoms with Crippen molar-refractivity contribution < 1.29 is 9.59 Å². The Morgan fingerprint density at radius 2 is 1.70 bits per heavy atom. The van der Waals surface area contributed by atoms with Crippen LogP contribution in [-0.4, -0.2) is 29.8 Å². The van der Waals surface area contributed by atoms with Gasteiger partial charge in [-0.25, -0.2) is 0 Å². The van der Waals surface area contributed by atoms with Gasteiger partial charge in [0, 0.05) is 25.0 Å². The molecular formula is C16H16N2O2. The summed E-state index contributed by atoms with van der Waals surface area (Å²) in [4.78, 5) is 25.9. The van der Waals surface area contributed by atoms with Crippen LogP contribution in [0.2, 0.25) is 0 Å². The number of benzene rings is 1. The van der Waals surface area contributed by atoms with E-state index in [4.69, 9.17) is 0 Å². The van der Waals surface area contributed by atoms with Gasteiger partial charge in [-0.15, -0.1) is 0 Å². The molecule has 4 nitrogen and oxygen atoms in total. The van der Waals surface area contributed by atoms with Gasteiger partial charge in [-0.3, -0.25) is 14.5 Å². The van der Waals surface area contributed by atoms with Gasteiger partial charge in [0.05, 0.1) is 11.8 Å². The third-order valence-corrected chi connectivity index (χ3v) is 4.88. The van der Waals surface area contributed by atoms with Crippen LogP contribution in [0.5, 0.6) is 0 Å². The number of imide groups is 1. The highest BCUT2D eigenvalue weighted by atomic mass is 16.2. The van der Waals surface area contributed by atoms with Crippen LogP contribution in [0.15, 0.2) is 42.5 Å². The van der Waals surface area contributed by atoms with Crippen molar-refractivity contribution in [2.45, 2.75) is 12.1 Å². The molecule has 2 saturated heterocycles. The van der Waals surface area contributed by atoms with E-state index < -0.39 is 0 Å². The molecule has 4 aliphatic rings. The maximum absolute atomic E-state index is 12.4. The van der Waals surface area contributed by atoms with Crippen LogP contribution in [0, 0.1) is 17.8 Å². The molecule has 1 aromatic carbocycles. The first-order chi connectivity index (χ1) is 9.68. The van der Waals surface area contributed by atoms with Gasteiger partial charge in [-0.05, 0) is 5.56 Å². The van der Waals surface area contributed by atoms with Gasteiger partial charge in [-0.2, -0.15) is 0 Å². The zero-order valence-electron chi connectivity index (χ0n) is 11.2. The molecular weight excluding hydrogens is 252 g/mol. The Bertz CT molecular complexity index is 610. The summed E-state index contributed by atoms with van der Waals surface area (Å²) < 4.78 is 0. The number of carbonyl (C=O) groups excluding carboxylic acids is 2. The molecule has 0 saturated carbocycles. The maximum Gasteiger partial charge on any atom is 0.234 e. The minimum atomic E-state index is -0.220. The molecule has 2 bridgehead atoms. The van der Waals surface area contributed by atoms with E-state index in [0.717, 1.165) is 0 Å². The predicted molar refractivity (Wildman–Crippen MR) is 73.5 cm³/mol. The Hall–Kier alpha value is -1.94. The van der Waals surface area contributed by atoms with E-state index in [-0.39, 0.29) is 41.7 Å². The second-order valence-electron chi connectivity index (χ2n) is 5.83. The van der Waals surface area contributed by atoms with Gasteiger partial charge in [0.2, 0.25) is 11.8 Å². The van der Waals surface area contributed by atoms with Gasteiger partial charge in [0.15, 0.2) is 0 Å². The second-order valence-corrected chi connectivity index (χ2v) is 5.83. The Kier molecular flexibility index (Phi) is 2.39. The monoisotopic (exact) mass is 268 g/mol. The second kappa shape index (κ2) is 4.03. The molecule has 2 fully saturated rings. The summed E-state index contributed by atoms with van der Waals surface area (Å²) in [5, 5.41) is 3.53. The molecule has 0 spiro atoms. The smallest absolute Gasteiger partial charge is 0.234 e. The van der Waals surface area contributed by atoms with Crippen molar-refractivity contribution in [3.63, 3.8) is 0 Å². The summed E-state index contributed by atoms with van der Waals surface area (Å²) in [5.41, 5.74) is 1.18. The average molecular weight is 268 g/mol. The Labute approximate surface area is 117 Å². The number of hydrogen-bond donors (Lipinski definition) is 1. The van der Waals surface area contributed by atoms with Crippen molar-refractivity contribution in [2.24, 2.45) is 17.8 Å². The number of fused-ring (bicyclic) bond motifs is 1. The lowest BCUT2D eigenvalue weighted by molar-refractivity contribution is -0.138. The number of likely N-dealkylation sites (tertiary alicyclic amines) is 1. The number of piperidine rings is 1. The van der Waals surface area contributed by atoms with E-state index in [1.807, 2.05) is 18.2 Å². The fourth-order valence-corrected chi connectivity index (χ4v) is 3.91. The minimum Gasteiger partial charge on any atom is -0.302 e. The summed E-state index contributed by atoms with van der Waals surface area (Å²) in [6, 6.07) is 10.2. The van der Waals surface area contributed by atoms with E-state index in [1.54, 1.807) is 7.05 Å². The van der Waals surface area contributed by atoms with Crippen molar-refractivity contribution in [1.29, 1.82) is 0 Å². The number of carbonyl (C=O) groups is 2. The average Bonchev–Trinajstić information content (AvgIpc) is 2.75. The molecule has 1 aromatic rings. The largest absolute Gasteiger partial charge is 0.302 e. The molecule has 20 heavy (non-hydrogen) atoms. The van der Waals surface area contributed by atoms with Crippen LogP contribution in [0.4, 0.5) is 0 Å². The number of rotatable bonds is 1. The lowest BCUT2D eigenvalue weighted by atomic mass is 9.66. The van der Waals surface area contributed by atoms with Crippen molar-refractivity contribution in [3.8, 4) is 0 Å². The highest BCUT2D eigenvalue weighted by molar-refractivity contribution is 6.06. The van der Waals surface area contributed by atoms with Crippen LogP contribution in [-0.2, 0) is 9.59 Å². The Morgan fingerprint density at radius 1 is 1.00 bits per heavy atom. The molecule has 1 aliphatic carbocycles. The van der Waals surface area contributed by atoms with E-state index >= 15 is 0 Å². The first kappa shape index (κ1) is 11.9. The van der Waals surface area contributed by atoms with E-state index in [2.05, 4.69) is 29.6 Å². The highest BCUT2D eigenvalue weighted by Crippen LogP contribution is 2.47. The fraction of sp³-hybridized carbons (Fsp3) is 0.375. The molecule has 0 aromatic heterocycles. The minimum absolute atomic E-state index is 0.0261. The zero-order chi connectivity index (χ0) is 13.9. The third-order valence-electron chi connectivity index (χ3n) is 4.88. The van der Waals surface area contributed by atoms with Crippen molar-refractivity contribution in [1.82, 2.24) is 10.2 Å². The zero-order valence-corrected chi connectivity index (χ0v) is 11.2. The van der Waals surface area contributed by atoms with E-state index in [9.17, 15) is 9.59 Å². The maximum atomic E-state index is 12.4. The molecule has 5 rings (SSSR count). The Morgan fingerprint density at radius 3 is 2.45 bits per heavy atom. The summed E-state index contributed by atoms with van der Waals surface area (Å²) in [6.07, 6.45) is 4.17. The van der Waals surface area contributed by atoms with Crippen molar-refractivity contribution in [2.75, 3.05) is 7.05 Å². The van der Waals surface area contributed by atoms with Crippen LogP contribution in [0.3, 0.4) is 0 Å². The predicted octanol–water partition coefficient (Wildman–Crippen LogP) is 1.12. The lowest BCUT2D eigenvalue weighted by Gasteiger charge is -2.45. The number of nitrogens with one attached hydrogen (secondary N) is 1. The first-order valence-electron chi connectivity index (χ1n) is 6.99. The number of amides is 2. The molecule has 3 aliphatic heterocycles. The van der Waals surface area contributed by atoms with Gasteiger partial charge < -0.3 is 5.32 Å². The molecule has 0 radical (unpaired) electrons. The molecule has 5 unspecified atom stereocenters. The van der Waals surface area contributed by atoms with Crippen LogP contribution < -0.4 is 5.32 Å². The van der Waals surface area contributed by atoms with Gasteiger partial charge >= 0.3 is 0 Å². The van der Waals surface area contributed by atoms with Crippen LogP contribution >= 0.6 is 0 Å². The van der Waals surface area contributed by atoms with Crippen molar-refractivity contribution >= 4 is 11.8 Å². The van der Waals surface area contributed by atoms with E-state index in [0.29, 0.717) is 0 Å². The van der Waals surface area contributed by atoms with Gasteiger partial charge in [-0.1, -0.05) is 42.5 Å². The number of nitrogens with zero attached hydrogens (tertiary/aromatic N) is 1. The quantitative estimate of drug-likeness (QED) is 0.613. The molecule has 3 heterocycles. The Balaban J connectivity index is 1.76. The molecule has 2 amide bonds. The van der Waals surface area contributed by atoms with E-state index in [1.165, 1.54) is 10.5 Å². The summed E-state index contributed by atoms with van der Waals surface area (Å²) in [7, 11) is 1.60. The van der Waals surface area contributed by atoms with Gasteiger partial charge in [0.1, 0.15) is 0 Å². The SMILES string of the molecule is CN1C(=O)C2C3C=CC(C(c4ccccc4)N3)C2C1=O. The highest BCUT2D eigenvalue weighted by Gasteiger charge is 2.58. The first-order valence-corrected chi connectivity index (χ1v) is 6.99. The summed E-state index contributed by atoms with van der Waals surface area (Å²) in [6.45, 7) is 0. The summed E-state index contributed by atoms with van der Waals surface area (Å²) in [5.74, 6) is -0.426. The molecule has 102 valence electrons. The molecule has 5 atom stereocenters. The summed E-state index contributed by atoms with van der Waals surface area (Å²) >= 11 is 0. The number of hydrogen-bond acceptors (Lipinski definition) is 3.